The first-order chi connectivity index (χ1) is 8.56. The van der Waals surface area contributed by atoms with E-state index in [2.05, 4.69) is 5.32 Å². The van der Waals surface area contributed by atoms with Crippen molar-refractivity contribution in [2.45, 2.75) is 13.8 Å². The van der Waals surface area contributed by atoms with Crippen LogP contribution in [0.1, 0.15) is 21.5 Å². The number of amides is 1. The van der Waals surface area contributed by atoms with Crippen LogP contribution in [-0.2, 0) is 0 Å². The minimum Gasteiger partial charge on any atom is -0.322 e. The maximum absolute atomic E-state index is 13.4. The van der Waals surface area contributed by atoms with Crippen LogP contribution in [0.2, 0.25) is 0 Å². The number of nitrogens with one attached hydrogen (secondary N) is 1. The van der Waals surface area contributed by atoms with Gasteiger partial charge in [0.1, 0.15) is 5.82 Å². The quantitative estimate of drug-likeness (QED) is 0.856. The van der Waals surface area contributed by atoms with Crippen LogP contribution < -0.4 is 5.32 Å². The van der Waals surface area contributed by atoms with Crippen molar-refractivity contribution in [2.24, 2.45) is 0 Å². The predicted molar refractivity (Wildman–Crippen MR) is 70.3 cm³/mol. The lowest BCUT2D eigenvalue weighted by atomic mass is 10.1. The highest BCUT2D eigenvalue weighted by Gasteiger charge is 2.08. The zero-order valence-corrected chi connectivity index (χ0v) is 10.3. The topological polar surface area (TPSA) is 29.1 Å². The number of anilines is 1. The maximum Gasteiger partial charge on any atom is 0.255 e. The number of hydrogen-bond donors (Lipinski definition) is 1. The molecular formula is C15H14FNO. The first-order valence-electron chi connectivity index (χ1n) is 5.70. The SMILES string of the molecule is Cc1ccc(NC(=O)c2ccc(C)c(F)c2)cc1. The van der Waals surface area contributed by atoms with Crippen molar-refractivity contribution in [3.63, 3.8) is 0 Å². The molecular weight excluding hydrogens is 229 g/mol. The first-order valence-corrected chi connectivity index (χ1v) is 5.70. The number of hydrogen-bond acceptors (Lipinski definition) is 1. The summed E-state index contributed by atoms with van der Waals surface area (Å²) in [5.74, 6) is -0.677. The molecule has 92 valence electrons. The second kappa shape index (κ2) is 5.00. The fourth-order valence-corrected chi connectivity index (χ4v) is 1.57. The molecule has 1 amide bonds. The van der Waals surface area contributed by atoms with Crippen molar-refractivity contribution in [3.05, 3.63) is 65.0 Å². The Kier molecular flexibility index (Phi) is 3.42. The van der Waals surface area contributed by atoms with Crippen LogP contribution >= 0.6 is 0 Å². The number of aryl methyl sites for hydroxylation is 2. The van der Waals surface area contributed by atoms with Crippen LogP contribution in [-0.4, -0.2) is 5.91 Å². The Morgan fingerprint density at radius 2 is 1.72 bits per heavy atom. The molecule has 0 atom stereocenters. The molecule has 0 bridgehead atoms. The zero-order valence-electron chi connectivity index (χ0n) is 10.3. The van der Waals surface area contributed by atoms with E-state index < -0.39 is 0 Å². The lowest BCUT2D eigenvalue weighted by Crippen LogP contribution is -2.12. The fourth-order valence-electron chi connectivity index (χ4n) is 1.57. The number of benzene rings is 2. The van der Waals surface area contributed by atoms with Gasteiger partial charge in [-0.25, -0.2) is 4.39 Å². The van der Waals surface area contributed by atoms with Crippen LogP contribution in [0.15, 0.2) is 42.5 Å². The van der Waals surface area contributed by atoms with Crippen LogP contribution in [0.25, 0.3) is 0 Å². The van der Waals surface area contributed by atoms with Gasteiger partial charge < -0.3 is 5.32 Å². The van der Waals surface area contributed by atoms with Gasteiger partial charge >= 0.3 is 0 Å². The van der Waals surface area contributed by atoms with E-state index in [1.807, 2.05) is 31.2 Å². The van der Waals surface area contributed by atoms with Crippen molar-refractivity contribution in [3.8, 4) is 0 Å². The largest absolute Gasteiger partial charge is 0.322 e. The molecule has 0 aliphatic carbocycles. The van der Waals surface area contributed by atoms with Crippen molar-refractivity contribution >= 4 is 11.6 Å². The first kappa shape index (κ1) is 12.3. The summed E-state index contributed by atoms with van der Waals surface area (Å²) < 4.78 is 13.4. The van der Waals surface area contributed by atoms with Gasteiger partial charge in [-0.05, 0) is 43.7 Å². The summed E-state index contributed by atoms with van der Waals surface area (Å²) in [6.45, 7) is 3.64. The third-order valence-corrected chi connectivity index (χ3v) is 2.74. The van der Waals surface area contributed by atoms with Gasteiger partial charge in [0.25, 0.3) is 5.91 Å². The summed E-state index contributed by atoms with van der Waals surface area (Å²) >= 11 is 0. The number of rotatable bonds is 2. The van der Waals surface area contributed by atoms with E-state index in [1.165, 1.54) is 6.07 Å². The van der Waals surface area contributed by atoms with Gasteiger partial charge in [-0.2, -0.15) is 0 Å². The molecule has 18 heavy (non-hydrogen) atoms. The molecule has 2 rings (SSSR count). The van der Waals surface area contributed by atoms with E-state index >= 15 is 0 Å². The molecule has 1 N–H and O–H groups in total. The van der Waals surface area contributed by atoms with E-state index in [-0.39, 0.29) is 11.7 Å². The Morgan fingerprint density at radius 3 is 2.33 bits per heavy atom. The molecule has 0 fully saturated rings. The Balaban J connectivity index is 2.16. The van der Waals surface area contributed by atoms with Crippen LogP contribution in [0, 0.1) is 19.7 Å². The highest BCUT2D eigenvalue weighted by Crippen LogP contribution is 2.13. The minimum absolute atomic E-state index is 0.308. The molecule has 0 saturated carbocycles. The Morgan fingerprint density at radius 1 is 1.06 bits per heavy atom. The normalized spacial score (nSPS) is 10.2. The fraction of sp³-hybridized carbons (Fsp3) is 0.133. The average Bonchev–Trinajstić information content (AvgIpc) is 2.35. The van der Waals surface area contributed by atoms with Crippen molar-refractivity contribution in [1.29, 1.82) is 0 Å². The van der Waals surface area contributed by atoms with Gasteiger partial charge in [-0.15, -0.1) is 0 Å². The average molecular weight is 243 g/mol. The zero-order chi connectivity index (χ0) is 13.1. The van der Waals surface area contributed by atoms with Crippen molar-refractivity contribution < 1.29 is 9.18 Å². The predicted octanol–water partition coefficient (Wildman–Crippen LogP) is 3.69. The van der Waals surface area contributed by atoms with E-state index in [9.17, 15) is 9.18 Å². The summed E-state index contributed by atoms with van der Waals surface area (Å²) in [6.07, 6.45) is 0. The summed E-state index contributed by atoms with van der Waals surface area (Å²) in [5.41, 5.74) is 2.67. The lowest BCUT2D eigenvalue weighted by Gasteiger charge is -2.06. The van der Waals surface area contributed by atoms with Gasteiger partial charge in [-0.1, -0.05) is 23.8 Å². The second-order valence-electron chi connectivity index (χ2n) is 4.28. The van der Waals surface area contributed by atoms with Crippen LogP contribution in [0.3, 0.4) is 0 Å². The highest BCUT2D eigenvalue weighted by molar-refractivity contribution is 6.04. The summed E-state index contributed by atoms with van der Waals surface area (Å²) in [7, 11) is 0. The number of halogens is 1. The monoisotopic (exact) mass is 243 g/mol. The molecule has 0 aliphatic rings. The van der Waals surface area contributed by atoms with Crippen LogP contribution in [0.5, 0.6) is 0 Å². The van der Waals surface area contributed by atoms with Crippen molar-refractivity contribution in [1.82, 2.24) is 0 Å². The second-order valence-corrected chi connectivity index (χ2v) is 4.28. The van der Waals surface area contributed by atoms with E-state index in [0.717, 1.165) is 5.56 Å². The van der Waals surface area contributed by atoms with Crippen molar-refractivity contribution in [2.75, 3.05) is 5.32 Å². The third kappa shape index (κ3) is 2.74. The molecule has 2 aromatic rings. The minimum atomic E-state index is -0.369. The smallest absolute Gasteiger partial charge is 0.255 e. The van der Waals surface area contributed by atoms with Crippen LogP contribution in [0.4, 0.5) is 10.1 Å². The molecule has 2 aromatic carbocycles. The van der Waals surface area contributed by atoms with Gasteiger partial charge in [-0.3, -0.25) is 4.79 Å². The third-order valence-electron chi connectivity index (χ3n) is 2.74. The van der Waals surface area contributed by atoms with Gasteiger partial charge in [0.05, 0.1) is 0 Å². The van der Waals surface area contributed by atoms with Gasteiger partial charge in [0, 0.05) is 11.3 Å². The molecule has 0 heterocycles. The molecule has 0 radical (unpaired) electrons. The number of carbonyl (C=O) groups is 1. The summed E-state index contributed by atoms with van der Waals surface area (Å²) in [4.78, 5) is 11.9. The molecule has 0 unspecified atom stereocenters. The Labute approximate surface area is 105 Å². The van der Waals surface area contributed by atoms with E-state index in [4.69, 9.17) is 0 Å². The Bertz CT molecular complexity index is 576. The summed E-state index contributed by atoms with van der Waals surface area (Å²) in [5, 5.41) is 2.73. The molecule has 3 heteroatoms. The standard InChI is InChI=1S/C15H14FNO/c1-10-3-7-13(8-4-10)17-15(18)12-6-5-11(2)14(16)9-12/h3-9H,1-2H3,(H,17,18). The Hall–Kier alpha value is -2.16. The highest BCUT2D eigenvalue weighted by atomic mass is 19.1. The van der Waals surface area contributed by atoms with Gasteiger partial charge in [0.15, 0.2) is 0 Å². The van der Waals surface area contributed by atoms with E-state index in [1.54, 1.807) is 19.1 Å². The lowest BCUT2D eigenvalue weighted by molar-refractivity contribution is 0.102. The molecule has 0 saturated heterocycles. The maximum atomic E-state index is 13.4. The van der Waals surface area contributed by atoms with Gasteiger partial charge in [0.2, 0.25) is 0 Å². The molecule has 0 aliphatic heterocycles. The summed E-state index contributed by atoms with van der Waals surface area (Å²) in [6, 6.07) is 11.9. The molecule has 0 aromatic heterocycles. The number of carbonyl (C=O) groups excluding carboxylic acids is 1. The van der Waals surface area contributed by atoms with E-state index in [0.29, 0.717) is 16.8 Å². The molecule has 2 nitrogen and oxygen atoms in total. The molecule has 0 spiro atoms.